The molecule has 4 nitrogen and oxygen atoms in total. The van der Waals surface area contributed by atoms with E-state index in [2.05, 4.69) is 36.5 Å². The van der Waals surface area contributed by atoms with Crippen LogP contribution in [0.2, 0.25) is 0 Å². The maximum absolute atomic E-state index is 12.2. The average Bonchev–Trinajstić information content (AvgIpc) is 2.56. The maximum Gasteiger partial charge on any atom is 0.331 e. The summed E-state index contributed by atoms with van der Waals surface area (Å²) in [5, 5.41) is 2.94. The van der Waals surface area contributed by atoms with Crippen LogP contribution < -0.4 is 5.32 Å². The van der Waals surface area contributed by atoms with Gasteiger partial charge in [-0.25, -0.2) is 4.79 Å². The summed E-state index contributed by atoms with van der Waals surface area (Å²) in [5.74, 6) is 0.745. The number of thioether (sulfide) groups is 1. The normalized spacial score (nSPS) is 16.6. The molecule has 1 aromatic rings. The summed E-state index contributed by atoms with van der Waals surface area (Å²) in [4.78, 5) is 24.3. The van der Waals surface area contributed by atoms with E-state index in [1.54, 1.807) is 11.8 Å². The largest absolute Gasteiger partial charge is 0.467 e. The first kappa shape index (κ1) is 17.9. The Morgan fingerprint density at radius 3 is 2.43 bits per heavy atom. The zero-order valence-corrected chi connectivity index (χ0v) is 14.7. The molecule has 0 saturated heterocycles. The second-order valence-corrected chi connectivity index (χ2v) is 7.15. The van der Waals surface area contributed by atoms with Crippen molar-refractivity contribution in [2.75, 3.05) is 12.9 Å². The molecule has 1 saturated carbocycles. The Morgan fingerprint density at radius 2 is 1.83 bits per heavy atom. The maximum atomic E-state index is 12.2. The number of carbonyl (C=O) groups is 2. The Bertz CT molecular complexity index is 536. The second-order valence-electron chi connectivity index (χ2n) is 6.16. The van der Waals surface area contributed by atoms with Crippen LogP contribution in [0.25, 0.3) is 0 Å². The van der Waals surface area contributed by atoms with E-state index < -0.39 is 5.54 Å². The number of carbonyl (C=O) groups excluding carboxylic acids is 2. The van der Waals surface area contributed by atoms with Crippen molar-refractivity contribution in [2.24, 2.45) is 0 Å². The molecule has 2 rings (SSSR count). The Balaban J connectivity index is 1.84. The molecule has 23 heavy (non-hydrogen) atoms. The number of aryl methyl sites for hydroxylation is 1. The topological polar surface area (TPSA) is 55.4 Å². The summed E-state index contributed by atoms with van der Waals surface area (Å²) >= 11 is 1.56. The third-order valence-corrected chi connectivity index (χ3v) is 5.29. The van der Waals surface area contributed by atoms with Crippen LogP contribution in [-0.2, 0) is 20.1 Å². The molecule has 0 aromatic heterocycles. The lowest BCUT2D eigenvalue weighted by atomic mass is 9.81. The molecular weight excluding hydrogens is 310 g/mol. The molecule has 1 N–H and O–H groups in total. The SMILES string of the molecule is COC(=O)C1(NC(=O)CSCc2ccc(C)cc2)CCCCC1. The predicted octanol–water partition coefficient (Wildman–Crippen LogP) is 3.22. The number of methoxy groups -OCH3 is 1. The molecule has 1 amide bonds. The Labute approximate surface area is 142 Å². The Hall–Kier alpha value is -1.49. The van der Waals surface area contributed by atoms with E-state index in [9.17, 15) is 9.59 Å². The van der Waals surface area contributed by atoms with Crippen molar-refractivity contribution >= 4 is 23.6 Å². The van der Waals surface area contributed by atoms with Gasteiger partial charge in [0.25, 0.3) is 0 Å². The van der Waals surface area contributed by atoms with Crippen LogP contribution in [0, 0.1) is 6.92 Å². The smallest absolute Gasteiger partial charge is 0.331 e. The first-order chi connectivity index (χ1) is 11.1. The van der Waals surface area contributed by atoms with Gasteiger partial charge in [0, 0.05) is 5.75 Å². The highest BCUT2D eigenvalue weighted by Gasteiger charge is 2.41. The molecule has 5 heteroatoms. The summed E-state index contributed by atoms with van der Waals surface area (Å²) in [6, 6.07) is 8.31. The van der Waals surface area contributed by atoms with Crippen LogP contribution in [0.3, 0.4) is 0 Å². The summed E-state index contributed by atoms with van der Waals surface area (Å²) in [5.41, 5.74) is 1.62. The van der Waals surface area contributed by atoms with Crippen LogP contribution in [0.1, 0.15) is 43.2 Å². The van der Waals surface area contributed by atoms with Gasteiger partial charge in [-0.05, 0) is 25.3 Å². The number of benzene rings is 1. The van der Waals surface area contributed by atoms with Crippen LogP contribution in [0.4, 0.5) is 0 Å². The quantitative estimate of drug-likeness (QED) is 0.811. The van der Waals surface area contributed by atoms with Crippen LogP contribution in [0.15, 0.2) is 24.3 Å². The van der Waals surface area contributed by atoms with Crippen molar-refractivity contribution < 1.29 is 14.3 Å². The lowest BCUT2D eigenvalue weighted by Gasteiger charge is -2.35. The highest BCUT2D eigenvalue weighted by Crippen LogP contribution is 2.29. The van der Waals surface area contributed by atoms with E-state index in [4.69, 9.17) is 4.74 Å². The van der Waals surface area contributed by atoms with Gasteiger partial charge < -0.3 is 10.1 Å². The van der Waals surface area contributed by atoms with Crippen molar-refractivity contribution in [3.63, 3.8) is 0 Å². The number of nitrogens with one attached hydrogen (secondary N) is 1. The minimum absolute atomic E-state index is 0.0885. The molecular formula is C18H25NO3S. The molecule has 0 aliphatic heterocycles. The number of hydrogen-bond donors (Lipinski definition) is 1. The number of amides is 1. The van der Waals surface area contributed by atoms with Crippen LogP contribution in [-0.4, -0.2) is 30.3 Å². The van der Waals surface area contributed by atoms with Crippen molar-refractivity contribution in [3.05, 3.63) is 35.4 Å². The van der Waals surface area contributed by atoms with Gasteiger partial charge >= 0.3 is 5.97 Å². The molecule has 0 bridgehead atoms. The van der Waals surface area contributed by atoms with Crippen LogP contribution >= 0.6 is 11.8 Å². The summed E-state index contributed by atoms with van der Waals surface area (Å²) in [6.07, 6.45) is 4.36. The highest BCUT2D eigenvalue weighted by atomic mass is 32.2. The van der Waals surface area contributed by atoms with E-state index in [0.29, 0.717) is 18.6 Å². The first-order valence-corrected chi connectivity index (χ1v) is 9.24. The third kappa shape index (κ3) is 4.99. The lowest BCUT2D eigenvalue weighted by Crippen LogP contribution is -2.56. The van der Waals surface area contributed by atoms with E-state index in [1.807, 2.05) is 0 Å². The molecule has 0 spiro atoms. The highest BCUT2D eigenvalue weighted by molar-refractivity contribution is 7.99. The van der Waals surface area contributed by atoms with Gasteiger partial charge in [0.15, 0.2) is 0 Å². The average molecular weight is 335 g/mol. The van der Waals surface area contributed by atoms with Crippen molar-refractivity contribution in [1.29, 1.82) is 0 Å². The molecule has 0 unspecified atom stereocenters. The number of esters is 1. The van der Waals surface area contributed by atoms with Crippen LogP contribution in [0.5, 0.6) is 0 Å². The second kappa shape index (κ2) is 8.39. The molecule has 126 valence electrons. The monoisotopic (exact) mass is 335 g/mol. The molecule has 1 aliphatic carbocycles. The minimum atomic E-state index is -0.811. The van der Waals surface area contributed by atoms with Gasteiger partial charge in [-0.15, -0.1) is 11.8 Å². The van der Waals surface area contributed by atoms with Gasteiger partial charge in [0.05, 0.1) is 12.9 Å². The van der Waals surface area contributed by atoms with E-state index in [1.165, 1.54) is 18.2 Å². The van der Waals surface area contributed by atoms with Crippen molar-refractivity contribution in [2.45, 2.75) is 50.3 Å². The van der Waals surface area contributed by atoms with Gasteiger partial charge in [-0.1, -0.05) is 49.1 Å². The van der Waals surface area contributed by atoms with Crippen molar-refractivity contribution in [3.8, 4) is 0 Å². The van der Waals surface area contributed by atoms with Crippen molar-refractivity contribution in [1.82, 2.24) is 5.32 Å². The molecule has 1 aromatic carbocycles. The molecule has 1 aliphatic rings. The lowest BCUT2D eigenvalue weighted by molar-refractivity contribution is -0.152. The van der Waals surface area contributed by atoms with E-state index >= 15 is 0 Å². The van der Waals surface area contributed by atoms with Gasteiger partial charge in [-0.2, -0.15) is 0 Å². The van der Waals surface area contributed by atoms with E-state index in [-0.39, 0.29) is 11.9 Å². The molecule has 0 atom stereocenters. The third-order valence-electron chi connectivity index (χ3n) is 4.28. The zero-order chi connectivity index (χ0) is 16.7. The molecule has 0 heterocycles. The van der Waals surface area contributed by atoms with Gasteiger partial charge in [-0.3, -0.25) is 4.79 Å². The van der Waals surface area contributed by atoms with Gasteiger partial charge in [0.1, 0.15) is 5.54 Å². The number of rotatable bonds is 6. The molecule has 1 fully saturated rings. The fourth-order valence-electron chi connectivity index (χ4n) is 2.98. The first-order valence-electron chi connectivity index (χ1n) is 8.08. The van der Waals surface area contributed by atoms with Gasteiger partial charge in [0.2, 0.25) is 5.91 Å². The summed E-state index contributed by atoms with van der Waals surface area (Å²) in [7, 11) is 1.39. The standard InChI is InChI=1S/C18H25NO3S/c1-14-6-8-15(9-7-14)12-23-13-16(20)19-18(17(21)22-2)10-4-3-5-11-18/h6-9H,3-5,10-13H2,1-2H3,(H,19,20). The fraction of sp³-hybridized carbons (Fsp3) is 0.556. The minimum Gasteiger partial charge on any atom is -0.467 e. The summed E-state index contributed by atoms with van der Waals surface area (Å²) in [6.45, 7) is 2.06. The summed E-state index contributed by atoms with van der Waals surface area (Å²) < 4.78 is 4.92. The fourth-order valence-corrected chi connectivity index (χ4v) is 3.77. The number of hydrogen-bond acceptors (Lipinski definition) is 4. The Kier molecular flexibility index (Phi) is 6.51. The zero-order valence-electron chi connectivity index (χ0n) is 13.9. The Morgan fingerprint density at radius 1 is 1.17 bits per heavy atom. The predicted molar refractivity (Wildman–Crippen MR) is 93.3 cm³/mol. The van der Waals surface area contributed by atoms with E-state index in [0.717, 1.165) is 25.0 Å². The molecule has 0 radical (unpaired) electrons. The number of ether oxygens (including phenoxy) is 1.